The van der Waals surface area contributed by atoms with Crippen LogP contribution in [0.15, 0.2) is 23.7 Å². The maximum Gasteiger partial charge on any atom is 0.106 e. The molecule has 0 atom stereocenters. The van der Waals surface area contributed by atoms with Gasteiger partial charge in [-0.05, 0) is 6.92 Å². The third kappa shape index (κ3) is 1.28. The highest BCUT2D eigenvalue weighted by molar-refractivity contribution is 5.96. The number of rotatable bonds is 1. The summed E-state index contributed by atoms with van der Waals surface area (Å²) in [5.41, 5.74) is 1.05. The molecular formula is C6H7N3O. The summed E-state index contributed by atoms with van der Waals surface area (Å²) < 4.78 is 0. The van der Waals surface area contributed by atoms with E-state index < -0.39 is 0 Å². The first-order chi connectivity index (χ1) is 4.84. The highest BCUT2D eigenvalue weighted by Gasteiger charge is 1.95. The first-order valence-electron chi connectivity index (χ1n) is 2.79. The minimum absolute atomic E-state index is 0.466. The van der Waals surface area contributed by atoms with E-state index in [-0.39, 0.29) is 0 Å². The Labute approximate surface area is 58.2 Å². The van der Waals surface area contributed by atoms with E-state index in [2.05, 4.69) is 15.1 Å². The van der Waals surface area contributed by atoms with Crippen molar-refractivity contribution in [1.82, 2.24) is 9.97 Å². The molecule has 0 radical (unpaired) electrons. The lowest BCUT2D eigenvalue weighted by Gasteiger charge is -1.92. The van der Waals surface area contributed by atoms with Crippen molar-refractivity contribution in [2.45, 2.75) is 6.92 Å². The maximum atomic E-state index is 8.31. The smallest absolute Gasteiger partial charge is 0.106 e. The zero-order valence-corrected chi connectivity index (χ0v) is 5.52. The largest absolute Gasteiger partial charge is 0.411 e. The molecule has 1 N–H and O–H groups in total. The second-order valence-electron chi connectivity index (χ2n) is 1.78. The second kappa shape index (κ2) is 2.91. The molecule has 0 bridgehead atoms. The number of hydrogen-bond acceptors (Lipinski definition) is 4. The highest BCUT2D eigenvalue weighted by atomic mass is 16.4. The molecular weight excluding hydrogens is 130 g/mol. The molecule has 0 aliphatic carbocycles. The van der Waals surface area contributed by atoms with Gasteiger partial charge in [0.1, 0.15) is 11.4 Å². The molecule has 0 amide bonds. The van der Waals surface area contributed by atoms with E-state index in [1.54, 1.807) is 19.3 Å². The van der Waals surface area contributed by atoms with Crippen molar-refractivity contribution in [1.29, 1.82) is 0 Å². The number of nitrogens with zero attached hydrogens (tertiary/aromatic N) is 3. The summed E-state index contributed by atoms with van der Waals surface area (Å²) in [4.78, 5) is 7.70. The number of hydrogen-bond donors (Lipinski definition) is 1. The predicted octanol–water partition coefficient (Wildman–Crippen LogP) is 0.675. The predicted molar refractivity (Wildman–Crippen MR) is 36.0 cm³/mol. The highest BCUT2D eigenvalue weighted by Crippen LogP contribution is 1.91. The molecule has 0 unspecified atom stereocenters. The molecule has 52 valence electrons. The number of aromatic nitrogens is 2. The van der Waals surface area contributed by atoms with Crippen LogP contribution in [0.1, 0.15) is 12.6 Å². The van der Waals surface area contributed by atoms with Crippen molar-refractivity contribution in [3.63, 3.8) is 0 Å². The normalized spacial score (nSPS) is 11.5. The summed E-state index contributed by atoms with van der Waals surface area (Å²) in [5, 5.41) is 11.3. The standard InChI is InChI=1S/C6H7N3O/c1-5(9-10)6-4-7-2-3-8-6/h2-4,10H,1H3/b9-5+. The van der Waals surface area contributed by atoms with Crippen molar-refractivity contribution in [3.05, 3.63) is 24.3 Å². The lowest BCUT2D eigenvalue weighted by Crippen LogP contribution is -1.97. The van der Waals surface area contributed by atoms with Gasteiger partial charge in [-0.1, -0.05) is 5.16 Å². The fourth-order valence-corrected chi connectivity index (χ4v) is 0.537. The number of oxime groups is 1. The van der Waals surface area contributed by atoms with E-state index in [1.165, 1.54) is 6.20 Å². The third-order valence-electron chi connectivity index (χ3n) is 1.08. The molecule has 4 nitrogen and oxygen atoms in total. The van der Waals surface area contributed by atoms with E-state index in [0.29, 0.717) is 11.4 Å². The van der Waals surface area contributed by atoms with Gasteiger partial charge in [0.2, 0.25) is 0 Å². The molecule has 0 aliphatic heterocycles. The average Bonchev–Trinajstić information content (AvgIpc) is 2.05. The molecule has 0 fully saturated rings. The molecule has 0 saturated carbocycles. The first kappa shape index (κ1) is 6.67. The van der Waals surface area contributed by atoms with Crippen molar-refractivity contribution in [2.75, 3.05) is 0 Å². The Morgan fingerprint density at radius 2 is 2.40 bits per heavy atom. The minimum atomic E-state index is 0.466. The summed E-state index contributed by atoms with van der Waals surface area (Å²) >= 11 is 0. The van der Waals surface area contributed by atoms with Crippen LogP contribution < -0.4 is 0 Å². The fraction of sp³-hybridized carbons (Fsp3) is 0.167. The monoisotopic (exact) mass is 137 g/mol. The Morgan fingerprint density at radius 3 is 2.90 bits per heavy atom. The van der Waals surface area contributed by atoms with Crippen LogP contribution in [0.4, 0.5) is 0 Å². The van der Waals surface area contributed by atoms with Gasteiger partial charge < -0.3 is 5.21 Å². The molecule has 0 saturated heterocycles. The van der Waals surface area contributed by atoms with Crippen molar-refractivity contribution in [3.8, 4) is 0 Å². The van der Waals surface area contributed by atoms with Crippen LogP contribution in [0.25, 0.3) is 0 Å². The minimum Gasteiger partial charge on any atom is -0.411 e. The van der Waals surface area contributed by atoms with E-state index in [9.17, 15) is 0 Å². The third-order valence-corrected chi connectivity index (χ3v) is 1.08. The topological polar surface area (TPSA) is 58.4 Å². The van der Waals surface area contributed by atoms with Crippen molar-refractivity contribution in [2.24, 2.45) is 5.16 Å². The van der Waals surface area contributed by atoms with Crippen LogP contribution >= 0.6 is 0 Å². The average molecular weight is 137 g/mol. The Morgan fingerprint density at radius 1 is 1.60 bits per heavy atom. The second-order valence-corrected chi connectivity index (χ2v) is 1.78. The SMILES string of the molecule is C/C(=N\O)c1cnccn1. The van der Waals surface area contributed by atoms with Gasteiger partial charge in [0.25, 0.3) is 0 Å². The van der Waals surface area contributed by atoms with Gasteiger partial charge in [0, 0.05) is 12.4 Å². The summed E-state index contributed by atoms with van der Waals surface area (Å²) in [6, 6.07) is 0. The summed E-state index contributed by atoms with van der Waals surface area (Å²) in [6.07, 6.45) is 4.65. The van der Waals surface area contributed by atoms with Gasteiger partial charge in [-0.3, -0.25) is 9.97 Å². The van der Waals surface area contributed by atoms with Crippen LogP contribution in [0.2, 0.25) is 0 Å². The quantitative estimate of drug-likeness (QED) is 0.351. The maximum absolute atomic E-state index is 8.31. The zero-order valence-electron chi connectivity index (χ0n) is 5.52. The molecule has 1 rings (SSSR count). The van der Waals surface area contributed by atoms with E-state index in [4.69, 9.17) is 5.21 Å². The van der Waals surface area contributed by atoms with Gasteiger partial charge in [0.05, 0.1) is 6.20 Å². The molecule has 0 spiro atoms. The zero-order chi connectivity index (χ0) is 7.40. The molecule has 1 aromatic rings. The van der Waals surface area contributed by atoms with Gasteiger partial charge in [0.15, 0.2) is 0 Å². The summed E-state index contributed by atoms with van der Waals surface area (Å²) in [7, 11) is 0. The molecule has 0 aromatic carbocycles. The molecule has 4 heteroatoms. The van der Waals surface area contributed by atoms with E-state index >= 15 is 0 Å². The van der Waals surface area contributed by atoms with Crippen LogP contribution in [-0.4, -0.2) is 20.9 Å². The lowest BCUT2D eigenvalue weighted by atomic mass is 10.3. The van der Waals surface area contributed by atoms with Crippen molar-refractivity contribution >= 4 is 5.71 Å². The Balaban J connectivity index is 2.96. The van der Waals surface area contributed by atoms with Gasteiger partial charge >= 0.3 is 0 Å². The molecule has 0 aliphatic rings. The fourth-order valence-electron chi connectivity index (χ4n) is 0.537. The van der Waals surface area contributed by atoms with Crippen LogP contribution in [0.3, 0.4) is 0 Å². The molecule has 1 aromatic heterocycles. The van der Waals surface area contributed by atoms with E-state index in [1.807, 2.05) is 0 Å². The molecule has 1 heterocycles. The summed E-state index contributed by atoms with van der Waals surface area (Å²) in [5.74, 6) is 0. The Kier molecular flexibility index (Phi) is 1.94. The molecule has 10 heavy (non-hydrogen) atoms. The summed E-state index contributed by atoms with van der Waals surface area (Å²) in [6.45, 7) is 1.66. The van der Waals surface area contributed by atoms with Crippen molar-refractivity contribution < 1.29 is 5.21 Å². The van der Waals surface area contributed by atoms with Gasteiger partial charge in [-0.15, -0.1) is 0 Å². The van der Waals surface area contributed by atoms with Crippen LogP contribution in [0, 0.1) is 0 Å². The lowest BCUT2D eigenvalue weighted by molar-refractivity contribution is 0.319. The Bertz CT molecular complexity index is 232. The van der Waals surface area contributed by atoms with Crippen LogP contribution in [0.5, 0.6) is 0 Å². The first-order valence-corrected chi connectivity index (χ1v) is 2.79. The Hall–Kier alpha value is -1.45. The van der Waals surface area contributed by atoms with E-state index in [0.717, 1.165) is 0 Å². The van der Waals surface area contributed by atoms with Gasteiger partial charge in [-0.25, -0.2) is 0 Å². The van der Waals surface area contributed by atoms with Gasteiger partial charge in [-0.2, -0.15) is 0 Å². The van der Waals surface area contributed by atoms with Crippen LogP contribution in [-0.2, 0) is 0 Å².